The molecule has 224 valence electrons. The van der Waals surface area contributed by atoms with Crippen molar-refractivity contribution in [3.63, 3.8) is 0 Å². The van der Waals surface area contributed by atoms with Crippen LogP contribution in [0, 0.1) is 0 Å². The number of aromatic nitrogens is 1. The van der Waals surface area contributed by atoms with E-state index < -0.39 is 60.4 Å². The zero-order valence-corrected chi connectivity index (χ0v) is 22.6. The Morgan fingerprint density at radius 2 is 1.45 bits per heavy atom. The van der Waals surface area contributed by atoms with Gasteiger partial charge in [0.15, 0.2) is 0 Å². The van der Waals surface area contributed by atoms with Crippen LogP contribution < -0.4 is 27.4 Å². The molecule has 14 heteroatoms. The van der Waals surface area contributed by atoms with E-state index in [4.69, 9.17) is 11.5 Å². The molecule has 4 amide bonds. The predicted molar refractivity (Wildman–Crippen MR) is 151 cm³/mol. The van der Waals surface area contributed by atoms with E-state index in [0.717, 1.165) is 16.5 Å². The number of amides is 4. The lowest BCUT2D eigenvalue weighted by Gasteiger charge is -2.24. The first-order chi connectivity index (χ1) is 20.0. The summed E-state index contributed by atoms with van der Waals surface area (Å²) in [5.41, 5.74) is 13.5. The number of nitrogens with one attached hydrogen (secondary N) is 4. The van der Waals surface area contributed by atoms with E-state index in [1.54, 1.807) is 18.3 Å². The van der Waals surface area contributed by atoms with Gasteiger partial charge in [0.05, 0.1) is 12.6 Å². The highest BCUT2D eigenvalue weighted by molar-refractivity contribution is 5.94. The number of carboxylic acid groups (broad SMARTS) is 1. The van der Waals surface area contributed by atoms with Gasteiger partial charge in [-0.3, -0.25) is 19.2 Å². The summed E-state index contributed by atoms with van der Waals surface area (Å²) in [6.07, 6.45) is 1.24. The van der Waals surface area contributed by atoms with Gasteiger partial charge in [-0.25, -0.2) is 4.79 Å². The molecule has 0 aliphatic rings. The fourth-order valence-electron chi connectivity index (χ4n) is 4.27. The Kier molecular flexibility index (Phi) is 11.0. The molecule has 42 heavy (non-hydrogen) atoms. The average Bonchev–Trinajstić information content (AvgIpc) is 3.36. The summed E-state index contributed by atoms with van der Waals surface area (Å²) in [6, 6.07) is 7.99. The number of fused-ring (bicyclic) bond motifs is 1. The standard InChI is InChI=1S/C28H34N6O8/c29-19(12-16-13-31-20-4-2-1-3-18(16)20)25(38)33-22(11-15-5-7-17(36)8-6-15)26(39)34-23(14-35)27(40)32-21(28(41)42)9-10-24(30)37/h1-8,13,19,21-23,31,35-36H,9-12,14,29H2,(H2,30,37)(H,32,40)(H,33,38)(H,34,39)(H,41,42). The number of carbonyl (C=O) groups excluding carboxylic acids is 4. The van der Waals surface area contributed by atoms with Gasteiger partial charge in [-0.1, -0.05) is 30.3 Å². The molecule has 2 aromatic carbocycles. The topological polar surface area (TPSA) is 250 Å². The van der Waals surface area contributed by atoms with Gasteiger partial charge in [-0.15, -0.1) is 0 Å². The van der Waals surface area contributed by atoms with Gasteiger partial charge >= 0.3 is 5.97 Å². The molecule has 4 unspecified atom stereocenters. The minimum atomic E-state index is -1.58. The van der Waals surface area contributed by atoms with Crippen molar-refractivity contribution in [3.05, 3.63) is 65.9 Å². The molecule has 1 aromatic heterocycles. The Morgan fingerprint density at radius 3 is 2.10 bits per heavy atom. The number of aromatic hydroxyl groups is 1. The molecule has 0 aliphatic carbocycles. The van der Waals surface area contributed by atoms with Gasteiger partial charge in [0.1, 0.15) is 23.9 Å². The number of phenolic OH excluding ortho intramolecular Hbond substituents is 1. The Balaban J connectivity index is 1.73. The van der Waals surface area contributed by atoms with E-state index in [-0.39, 0.29) is 31.4 Å². The van der Waals surface area contributed by atoms with Crippen LogP contribution in [0.5, 0.6) is 5.75 Å². The molecule has 11 N–H and O–H groups in total. The van der Waals surface area contributed by atoms with Gasteiger partial charge in [-0.2, -0.15) is 0 Å². The average molecular weight is 583 g/mol. The van der Waals surface area contributed by atoms with E-state index in [2.05, 4.69) is 20.9 Å². The van der Waals surface area contributed by atoms with Crippen LogP contribution in [0.3, 0.4) is 0 Å². The normalized spacial score (nSPS) is 13.9. The summed E-state index contributed by atoms with van der Waals surface area (Å²) in [7, 11) is 0. The molecule has 0 saturated carbocycles. The molecule has 0 saturated heterocycles. The number of aliphatic hydroxyl groups is 1. The monoisotopic (exact) mass is 582 g/mol. The summed E-state index contributed by atoms with van der Waals surface area (Å²) < 4.78 is 0. The van der Waals surface area contributed by atoms with E-state index in [1.165, 1.54) is 12.1 Å². The van der Waals surface area contributed by atoms with Crippen molar-refractivity contribution in [1.82, 2.24) is 20.9 Å². The van der Waals surface area contributed by atoms with E-state index in [0.29, 0.717) is 5.56 Å². The summed E-state index contributed by atoms with van der Waals surface area (Å²) in [5, 5.41) is 36.7. The van der Waals surface area contributed by atoms with Crippen LogP contribution >= 0.6 is 0 Å². The lowest BCUT2D eigenvalue weighted by molar-refractivity contribution is -0.143. The second kappa shape index (κ2) is 14.6. The number of phenols is 1. The minimum absolute atomic E-state index is 0.00845. The van der Waals surface area contributed by atoms with Gasteiger partial charge in [0, 0.05) is 29.9 Å². The fraction of sp³-hybridized carbons (Fsp3) is 0.321. The largest absolute Gasteiger partial charge is 0.508 e. The number of primary amides is 1. The van der Waals surface area contributed by atoms with Crippen LogP contribution in [0.2, 0.25) is 0 Å². The van der Waals surface area contributed by atoms with Crippen molar-refractivity contribution in [2.24, 2.45) is 11.5 Å². The quantitative estimate of drug-likeness (QED) is 0.104. The first-order valence-corrected chi connectivity index (χ1v) is 13.1. The highest BCUT2D eigenvalue weighted by atomic mass is 16.4. The van der Waals surface area contributed by atoms with Crippen molar-refractivity contribution in [2.45, 2.75) is 49.9 Å². The molecule has 14 nitrogen and oxygen atoms in total. The summed E-state index contributed by atoms with van der Waals surface area (Å²) in [5.74, 6) is -4.73. The van der Waals surface area contributed by atoms with Crippen molar-refractivity contribution < 1.29 is 39.3 Å². The fourth-order valence-corrected chi connectivity index (χ4v) is 4.27. The SMILES string of the molecule is NC(=O)CCC(NC(=O)C(CO)NC(=O)C(Cc1ccc(O)cc1)NC(=O)C(N)Cc1c[nH]c2ccccc12)C(=O)O. The van der Waals surface area contributed by atoms with Crippen molar-refractivity contribution in [1.29, 1.82) is 0 Å². The van der Waals surface area contributed by atoms with E-state index in [1.807, 2.05) is 24.3 Å². The highest BCUT2D eigenvalue weighted by Gasteiger charge is 2.30. The second-order valence-electron chi connectivity index (χ2n) is 9.75. The van der Waals surface area contributed by atoms with Crippen LogP contribution in [0.25, 0.3) is 10.9 Å². The minimum Gasteiger partial charge on any atom is -0.508 e. The number of hydrogen-bond acceptors (Lipinski definition) is 8. The number of rotatable bonds is 15. The molecule has 0 fully saturated rings. The third-order valence-electron chi connectivity index (χ3n) is 6.57. The molecule has 4 atom stereocenters. The number of aliphatic carboxylic acids is 1. The summed E-state index contributed by atoms with van der Waals surface area (Å²) in [4.78, 5) is 64.7. The smallest absolute Gasteiger partial charge is 0.326 e. The lowest BCUT2D eigenvalue weighted by Crippen LogP contribution is -2.58. The number of hydrogen-bond donors (Lipinski definition) is 9. The molecule has 0 spiro atoms. The number of aromatic amines is 1. The lowest BCUT2D eigenvalue weighted by atomic mass is 10.0. The number of carbonyl (C=O) groups is 5. The zero-order chi connectivity index (χ0) is 30.8. The third-order valence-corrected chi connectivity index (χ3v) is 6.57. The number of para-hydroxylation sites is 1. The third kappa shape index (κ3) is 8.78. The molecule has 0 radical (unpaired) electrons. The summed E-state index contributed by atoms with van der Waals surface area (Å²) >= 11 is 0. The van der Waals surface area contributed by atoms with Crippen LogP contribution in [0.4, 0.5) is 0 Å². The maximum atomic E-state index is 13.3. The van der Waals surface area contributed by atoms with Gasteiger partial charge in [0.2, 0.25) is 23.6 Å². The van der Waals surface area contributed by atoms with Gasteiger partial charge in [0.25, 0.3) is 0 Å². The van der Waals surface area contributed by atoms with Crippen molar-refractivity contribution >= 4 is 40.5 Å². The highest BCUT2D eigenvalue weighted by Crippen LogP contribution is 2.19. The number of H-pyrrole nitrogens is 1. The predicted octanol–water partition coefficient (Wildman–Crippen LogP) is -1.22. The number of aliphatic hydroxyl groups excluding tert-OH is 1. The maximum Gasteiger partial charge on any atom is 0.326 e. The molecule has 1 heterocycles. The Morgan fingerprint density at radius 1 is 0.833 bits per heavy atom. The first-order valence-electron chi connectivity index (χ1n) is 13.1. The Hall–Kier alpha value is -4.95. The number of nitrogens with two attached hydrogens (primary N) is 2. The van der Waals surface area contributed by atoms with E-state index in [9.17, 15) is 39.3 Å². The number of carboxylic acids is 1. The van der Waals surface area contributed by atoms with Crippen molar-refractivity contribution in [3.8, 4) is 5.75 Å². The van der Waals surface area contributed by atoms with Gasteiger partial charge < -0.3 is 47.7 Å². The molecule has 0 aliphatic heterocycles. The molecular formula is C28H34N6O8. The zero-order valence-electron chi connectivity index (χ0n) is 22.6. The van der Waals surface area contributed by atoms with Crippen molar-refractivity contribution in [2.75, 3.05) is 6.61 Å². The van der Waals surface area contributed by atoms with Crippen LogP contribution in [-0.2, 0) is 36.8 Å². The maximum absolute atomic E-state index is 13.3. The number of benzene rings is 2. The molecule has 3 rings (SSSR count). The summed E-state index contributed by atoms with van der Waals surface area (Å²) in [6.45, 7) is -0.889. The Labute approximate surface area is 240 Å². The van der Waals surface area contributed by atoms with Crippen LogP contribution in [-0.4, -0.2) is 80.7 Å². The second-order valence-corrected chi connectivity index (χ2v) is 9.75. The van der Waals surface area contributed by atoms with Crippen LogP contribution in [0.15, 0.2) is 54.7 Å². The molecule has 3 aromatic rings. The van der Waals surface area contributed by atoms with E-state index >= 15 is 0 Å². The molecular weight excluding hydrogens is 548 g/mol. The van der Waals surface area contributed by atoms with Crippen LogP contribution in [0.1, 0.15) is 24.0 Å². The molecule has 0 bridgehead atoms. The van der Waals surface area contributed by atoms with Gasteiger partial charge in [-0.05, 0) is 42.2 Å². The Bertz CT molecular complexity index is 1420. The first kappa shape index (κ1) is 31.6.